The van der Waals surface area contributed by atoms with E-state index in [2.05, 4.69) is 0 Å². The normalized spacial score (nSPS) is 35.5. The minimum atomic E-state index is -4.60. The summed E-state index contributed by atoms with van der Waals surface area (Å²) >= 11 is 0. The van der Waals surface area contributed by atoms with E-state index in [-0.39, 0.29) is 0 Å². The zero-order valence-corrected chi connectivity index (χ0v) is 6.90. The standard InChI is InChI=1S/C7H11F3O2/c1-5(2)3-6(11,4-12-5)7(8,9)10/h11H,3-4H2,1-2H3. The molecule has 0 aromatic rings. The molecule has 1 unspecified atom stereocenters. The quantitative estimate of drug-likeness (QED) is 0.617. The lowest BCUT2D eigenvalue weighted by molar-refractivity contribution is -0.257. The van der Waals surface area contributed by atoms with Gasteiger partial charge in [-0.2, -0.15) is 13.2 Å². The monoisotopic (exact) mass is 184 g/mol. The number of ether oxygens (including phenoxy) is 1. The van der Waals surface area contributed by atoms with Gasteiger partial charge in [0.25, 0.3) is 0 Å². The van der Waals surface area contributed by atoms with Crippen molar-refractivity contribution in [2.75, 3.05) is 6.61 Å². The van der Waals surface area contributed by atoms with Crippen LogP contribution in [0.15, 0.2) is 0 Å². The average Bonchev–Trinajstić information content (AvgIpc) is 2.05. The highest BCUT2D eigenvalue weighted by Gasteiger charge is 2.60. The van der Waals surface area contributed by atoms with Crippen LogP contribution in [0.1, 0.15) is 20.3 Å². The lowest BCUT2D eigenvalue weighted by Crippen LogP contribution is -2.46. The van der Waals surface area contributed by atoms with Crippen molar-refractivity contribution in [2.45, 2.75) is 37.6 Å². The van der Waals surface area contributed by atoms with Crippen molar-refractivity contribution in [3.8, 4) is 0 Å². The van der Waals surface area contributed by atoms with Gasteiger partial charge in [0, 0.05) is 6.42 Å². The number of hydrogen-bond acceptors (Lipinski definition) is 2. The first-order valence-corrected chi connectivity index (χ1v) is 3.59. The van der Waals surface area contributed by atoms with Crippen LogP contribution in [0.5, 0.6) is 0 Å². The van der Waals surface area contributed by atoms with Crippen molar-refractivity contribution in [1.29, 1.82) is 0 Å². The highest BCUT2D eigenvalue weighted by molar-refractivity contribution is 4.97. The summed E-state index contributed by atoms with van der Waals surface area (Å²) in [5, 5.41) is 9.11. The van der Waals surface area contributed by atoms with E-state index in [1.165, 1.54) is 13.8 Å². The van der Waals surface area contributed by atoms with E-state index in [0.29, 0.717) is 0 Å². The summed E-state index contributed by atoms with van der Waals surface area (Å²) in [5.74, 6) is 0. The highest BCUT2D eigenvalue weighted by atomic mass is 19.4. The molecule has 2 nitrogen and oxygen atoms in total. The molecule has 0 spiro atoms. The highest BCUT2D eigenvalue weighted by Crippen LogP contribution is 2.42. The van der Waals surface area contributed by atoms with Crippen LogP contribution in [0, 0.1) is 0 Å². The Morgan fingerprint density at radius 3 is 2.00 bits per heavy atom. The second-order valence-corrected chi connectivity index (χ2v) is 3.75. The molecule has 1 saturated heterocycles. The second kappa shape index (κ2) is 2.35. The van der Waals surface area contributed by atoms with Gasteiger partial charge in [0.2, 0.25) is 0 Å². The maximum atomic E-state index is 12.2. The van der Waals surface area contributed by atoms with E-state index in [9.17, 15) is 13.2 Å². The predicted molar refractivity (Wildman–Crippen MR) is 35.7 cm³/mol. The van der Waals surface area contributed by atoms with Gasteiger partial charge >= 0.3 is 6.18 Å². The van der Waals surface area contributed by atoms with Gasteiger partial charge in [-0.1, -0.05) is 0 Å². The van der Waals surface area contributed by atoms with Crippen molar-refractivity contribution >= 4 is 0 Å². The Hall–Kier alpha value is -0.290. The largest absolute Gasteiger partial charge is 0.419 e. The SMILES string of the molecule is CC1(C)CC(O)(C(F)(F)F)CO1. The van der Waals surface area contributed by atoms with Crippen molar-refractivity contribution in [3.63, 3.8) is 0 Å². The van der Waals surface area contributed by atoms with Gasteiger partial charge in [-0.15, -0.1) is 0 Å². The van der Waals surface area contributed by atoms with E-state index >= 15 is 0 Å². The molecule has 0 radical (unpaired) electrons. The van der Waals surface area contributed by atoms with Crippen molar-refractivity contribution in [1.82, 2.24) is 0 Å². The van der Waals surface area contributed by atoms with Gasteiger partial charge in [-0.3, -0.25) is 0 Å². The molecule has 1 aliphatic rings. The molecular formula is C7H11F3O2. The zero-order valence-electron chi connectivity index (χ0n) is 6.90. The van der Waals surface area contributed by atoms with Gasteiger partial charge in [0.15, 0.2) is 5.60 Å². The Kier molecular flexibility index (Phi) is 1.92. The van der Waals surface area contributed by atoms with Gasteiger partial charge in [0.1, 0.15) is 0 Å². The molecule has 0 amide bonds. The fourth-order valence-electron chi connectivity index (χ4n) is 1.30. The molecule has 1 fully saturated rings. The predicted octanol–water partition coefficient (Wildman–Crippen LogP) is 1.48. The molecule has 12 heavy (non-hydrogen) atoms. The number of alkyl halides is 3. The molecule has 0 aromatic heterocycles. The lowest BCUT2D eigenvalue weighted by atomic mass is 9.93. The van der Waals surface area contributed by atoms with Crippen LogP contribution in [-0.2, 0) is 4.74 Å². The zero-order chi connectivity index (χ0) is 9.62. The molecular weight excluding hydrogens is 173 g/mol. The summed E-state index contributed by atoms with van der Waals surface area (Å²) in [6, 6.07) is 0. The lowest BCUT2D eigenvalue weighted by Gasteiger charge is -2.24. The molecule has 0 aromatic carbocycles. The fraction of sp³-hybridized carbons (Fsp3) is 1.00. The average molecular weight is 184 g/mol. The Labute approximate surface area is 68.3 Å². The number of hydrogen-bond donors (Lipinski definition) is 1. The smallest absolute Gasteiger partial charge is 0.379 e. The van der Waals surface area contributed by atoms with E-state index in [1.807, 2.05) is 0 Å². The van der Waals surface area contributed by atoms with Crippen LogP contribution in [-0.4, -0.2) is 29.1 Å². The number of aliphatic hydroxyl groups is 1. The summed E-state index contributed by atoms with van der Waals surface area (Å²) in [6.45, 7) is 2.39. The third-order valence-electron chi connectivity index (χ3n) is 1.95. The molecule has 1 rings (SSSR count). The number of halogens is 3. The van der Waals surface area contributed by atoms with E-state index in [1.54, 1.807) is 0 Å². The summed E-state index contributed by atoms with van der Waals surface area (Å²) in [7, 11) is 0. The molecule has 1 N–H and O–H groups in total. The maximum absolute atomic E-state index is 12.2. The van der Waals surface area contributed by atoms with Gasteiger partial charge in [-0.05, 0) is 13.8 Å². The summed E-state index contributed by atoms with van der Waals surface area (Å²) in [5.41, 5.74) is -3.54. The molecule has 1 atom stereocenters. The van der Waals surface area contributed by atoms with E-state index in [4.69, 9.17) is 9.84 Å². The van der Waals surface area contributed by atoms with Crippen LogP contribution in [0.2, 0.25) is 0 Å². The molecule has 0 saturated carbocycles. The van der Waals surface area contributed by atoms with Crippen molar-refractivity contribution < 1.29 is 23.0 Å². The Bertz CT molecular complexity index is 188. The maximum Gasteiger partial charge on any atom is 0.419 e. The Morgan fingerprint density at radius 1 is 1.33 bits per heavy atom. The first-order valence-electron chi connectivity index (χ1n) is 3.59. The second-order valence-electron chi connectivity index (χ2n) is 3.75. The molecule has 5 heteroatoms. The van der Waals surface area contributed by atoms with Gasteiger partial charge in [0.05, 0.1) is 12.2 Å². The van der Waals surface area contributed by atoms with Crippen LogP contribution in [0.3, 0.4) is 0 Å². The summed E-state index contributed by atoms with van der Waals surface area (Å²) in [4.78, 5) is 0. The summed E-state index contributed by atoms with van der Waals surface area (Å²) < 4.78 is 41.3. The van der Waals surface area contributed by atoms with Crippen LogP contribution < -0.4 is 0 Å². The van der Waals surface area contributed by atoms with Crippen LogP contribution in [0.25, 0.3) is 0 Å². The first-order chi connectivity index (χ1) is 5.16. The Balaban J connectivity index is 2.78. The van der Waals surface area contributed by atoms with Gasteiger partial charge in [-0.25, -0.2) is 0 Å². The van der Waals surface area contributed by atoms with Gasteiger partial charge < -0.3 is 9.84 Å². The molecule has 1 heterocycles. The molecule has 0 bridgehead atoms. The fourth-order valence-corrected chi connectivity index (χ4v) is 1.30. The third kappa shape index (κ3) is 1.56. The van der Waals surface area contributed by atoms with Crippen LogP contribution >= 0.6 is 0 Å². The third-order valence-corrected chi connectivity index (χ3v) is 1.95. The summed E-state index contributed by atoms with van der Waals surface area (Å²) in [6.07, 6.45) is -5.00. The van der Waals surface area contributed by atoms with E-state index < -0.39 is 30.4 Å². The molecule has 1 aliphatic heterocycles. The molecule has 72 valence electrons. The van der Waals surface area contributed by atoms with E-state index in [0.717, 1.165) is 0 Å². The van der Waals surface area contributed by atoms with Crippen LogP contribution in [0.4, 0.5) is 13.2 Å². The number of rotatable bonds is 0. The minimum absolute atomic E-state index is 0.399. The Morgan fingerprint density at radius 2 is 1.83 bits per heavy atom. The molecule has 0 aliphatic carbocycles. The minimum Gasteiger partial charge on any atom is -0.379 e. The first kappa shape index (κ1) is 9.80. The van der Waals surface area contributed by atoms with Crippen molar-refractivity contribution in [3.05, 3.63) is 0 Å². The topological polar surface area (TPSA) is 29.5 Å². The van der Waals surface area contributed by atoms with Crippen molar-refractivity contribution in [2.24, 2.45) is 0 Å².